The Morgan fingerprint density at radius 2 is 2.11 bits per heavy atom. The van der Waals surface area contributed by atoms with Gasteiger partial charge in [0.15, 0.2) is 5.82 Å². The lowest BCUT2D eigenvalue weighted by atomic mass is 9.97. The van der Waals surface area contributed by atoms with Crippen molar-refractivity contribution in [2.75, 3.05) is 18.5 Å². The topological polar surface area (TPSA) is 15.3 Å². The van der Waals surface area contributed by atoms with Crippen molar-refractivity contribution in [2.45, 2.75) is 31.8 Å². The lowest BCUT2D eigenvalue weighted by molar-refractivity contribution is 0.383. The summed E-state index contributed by atoms with van der Waals surface area (Å²) in [5.74, 6) is -1.23. The van der Waals surface area contributed by atoms with Crippen molar-refractivity contribution in [3.05, 3.63) is 28.8 Å². The molecule has 0 bridgehead atoms. The van der Waals surface area contributed by atoms with Gasteiger partial charge >= 0.3 is 0 Å². The summed E-state index contributed by atoms with van der Waals surface area (Å²) in [5, 5.41) is 3.37. The van der Waals surface area contributed by atoms with Crippen LogP contribution in [0.1, 0.15) is 19.8 Å². The molecule has 0 amide bonds. The Labute approximate surface area is 111 Å². The van der Waals surface area contributed by atoms with Gasteiger partial charge in [-0.2, -0.15) is 0 Å². The molecule has 2 nitrogen and oxygen atoms in total. The summed E-state index contributed by atoms with van der Waals surface area (Å²) >= 11 is 5.97. The molecule has 0 saturated carbocycles. The Kier molecular flexibility index (Phi) is 4.07. The van der Waals surface area contributed by atoms with Crippen LogP contribution in [0.25, 0.3) is 0 Å². The molecule has 1 heterocycles. The van der Waals surface area contributed by atoms with Gasteiger partial charge in [-0.3, -0.25) is 0 Å². The molecule has 0 aliphatic carbocycles. The highest BCUT2D eigenvalue weighted by atomic mass is 35.5. The van der Waals surface area contributed by atoms with Crippen molar-refractivity contribution in [1.82, 2.24) is 5.32 Å². The minimum atomic E-state index is -0.640. The normalized spacial score (nSPS) is 24.4. The maximum Gasteiger partial charge on any atom is 0.150 e. The second-order valence-electron chi connectivity index (χ2n) is 4.77. The summed E-state index contributed by atoms with van der Waals surface area (Å²) < 4.78 is 26.9. The van der Waals surface area contributed by atoms with Gasteiger partial charge in [0.25, 0.3) is 0 Å². The van der Waals surface area contributed by atoms with Gasteiger partial charge in [0, 0.05) is 24.7 Å². The zero-order valence-electron chi connectivity index (χ0n) is 10.5. The number of hydrogen-bond acceptors (Lipinski definition) is 2. The second-order valence-corrected chi connectivity index (χ2v) is 5.18. The molecule has 1 aromatic rings. The molecule has 0 aromatic heterocycles. The van der Waals surface area contributed by atoms with E-state index in [1.165, 1.54) is 0 Å². The van der Waals surface area contributed by atoms with E-state index < -0.39 is 11.6 Å². The number of hydrogen-bond donors (Lipinski definition) is 1. The van der Waals surface area contributed by atoms with E-state index in [9.17, 15) is 8.78 Å². The quantitative estimate of drug-likeness (QED) is 0.891. The molecule has 0 spiro atoms. The molecule has 1 saturated heterocycles. The first-order valence-corrected chi connectivity index (χ1v) is 6.49. The zero-order chi connectivity index (χ0) is 13.3. The van der Waals surface area contributed by atoms with Gasteiger partial charge in [-0.25, -0.2) is 8.78 Å². The van der Waals surface area contributed by atoms with Crippen LogP contribution in [-0.2, 0) is 0 Å². The number of piperidine rings is 1. The highest BCUT2D eigenvalue weighted by Crippen LogP contribution is 2.34. The highest BCUT2D eigenvalue weighted by Gasteiger charge is 2.28. The first-order valence-electron chi connectivity index (χ1n) is 6.11. The van der Waals surface area contributed by atoms with E-state index in [1.54, 1.807) is 0 Å². The number of nitrogens with one attached hydrogen (secondary N) is 1. The maximum atomic E-state index is 13.9. The van der Waals surface area contributed by atoms with Crippen LogP contribution < -0.4 is 10.2 Å². The summed E-state index contributed by atoms with van der Waals surface area (Å²) in [6, 6.07) is 2.67. The first kappa shape index (κ1) is 13.6. The predicted molar refractivity (Wildman–Crippen MR) is 70.3 cm³/mol. The van der Waals surface area contributed by atoms with E-state index >= 15 is 0 Å². The van der Waals surface area contributed by atoms with Gasteiger partial charge in [0.2, 0.25) is 0 Å². The van der Waals surface area contributed by atoms with Crippen LogP contribution in [0.4, 0.5) is 14.5 Å². The van der Waals surface area contributed by atoms with Gasteiger partial charge in [-0.15, -0.1) is 0 Å². The minimum absolute atomic E-state index is 0.141. The summed E-state index contributed by atoms with van der Waals surface area (Å²) in [6.07, 6.45) is 1.84. The average Bonchev–Trinajstić information content (AvgIpc) is 2.29. The summed E-state index contributed by atoms with van der Waals surface area (Å²) in [5.41, 5.74) is 0.320. The standard InChI is InChI=1S/C13H17ClF2N2/c1-8-5-10(17-2)3-4-18(8)13-11(14)6-9(15)7-12(13)16/h6-8,10,17H,3-5H2,1-2H3. The number of halogens is 3. The molecule has 2 atom stereocenters. The average molecular weight is 275 g/mol. The number of rotatable bonds is 2. The highest BCUT2D eigenvalue weighted by molar-refractivity contribution is 6.33. The second kappa shape index (κ2) is 5.41. The third-order valence-corrected chi connectivity index (χ3v) is 3.84. The molecule has 100 valence electrons. The lowest BCUT2D eigenvalue weighted by Crippen LogP contribution is -2.47. The SMILES string of the molecule is CNC1CCN(c2c(F)cc(F)cc2Cl)C(C)C1. The van der Waals surface area contributed by atoms with Crippen molar-refractivity contribution in [1.29, 1.82) is 0 Å². The Morgan fingerprint density at radius 1 is 1.39 bits per heavy atom. The van der Waals surface area contributed by atoms with Crippen LogP contribution in [0, 0.1) is 11.6 Å². The Hall–Kier alpha value is -0.870. The van der Waals surface area contributed by atoms with E-state index in [0.717, 1.165) is 31.5 Å². The minimum Gasteiger partial charge on any atom is -0.365 e. The molecule has 1 fully saturated rings. The Morgan fingerprint density at radius 3 is 2.67 bits per heavy atom. The van der Waals surface area contributed by atoms with Gasteiger partial charge in [0.1, 0.15) is 5.82 Å². The van der Waals surface area contributed by atoms with Crippen LogP contribution in [0.2, 0.25) is 5.02 Å². The van der Waals surface area contributed by atoms with Crippen molar-refractivity contribution < 1.29 is 8.78 Å². The van der Waals surface area contributed by atoms with Gasteiger partial charge in [-0.1, -0.05) is 11.6 Å². The molecule has 0 radical (unpaired) electrons. The van der Waals surface area contributed by atoms with Crippen LogP contribution in [0.3, 0.4) is 0 Å². The fraction of sp³-hybridized carbons (Fsp3) is 0.538. The van der Waals surface area contributed by atoms with Gasteiger partial charge < -0.3 is 10.2 Å². The van der Waals surface area contributed by atoms with Crippen molar-refractivity contribution in [2.24, 2.45) is 0 Å². The van der Waals surface area contributed by atoms with Crippen LogP contribution in [0.15, 0.2) is 12.1 Å². The molecule has 1 aromatic carbocycles. The van der Waals surface area contributed by atoms with Crippen LogP contribution in [-0.4, -0.2) is 25.7 Å². The molecule has 1 aliphatic rings. The molecule has 2 rings (SSSR count). The van der Waals surface area contributed by atoms with Crippen molar-refractivity contribution in [3.8, 4) is 0 Å². The van der Waals surface area contributed by atoms with Crippen molar-refractivity contribution in [3.63, 3.8) is 0 Å². The van der Waals surface area contributed by atoms with Crippen LogP contribution >= 0.6 is 11.6 Å². The van der Waals surface area contributed by atoms with Crippen molar-refractivity contribution >= 4 is 17.3 Å². The Balaban J connectivity index is 2.27. The summed E-state index contributed by atoms with van der Waals surface area (Å²) in [6.45, 7) is 2.75. The number of benzene rings is 1. The third kappa shape index (κ3) is 2.59. The molecular formula is C13H17ClF2N2. The molecule has 5 heteroatoms. The summed E-state index contributed by atoms with van der Waals surface area (Å²) in [7, 11) is 1.93. The molecule has 18 heavy (non-hydrogen) atoms. The van der Waals surface area contributed by atoms with Crippen LogP contribution in [0.5, 0.6) is 0 Å². The molecule has 1 aliphatic heterocycles. The monoisotopic (exact) mass is 274 g/mol. The zero-order valence-corrected chi connectivity index (χ0v) is 11.3. The molecule has 1 N–H and O–H groups in total. The van der Waals surface area contributed by atoms with E-state index in [4.69, 9.17) is 11.6 Å². The third-order valence-electron chi connectivity index (χ3n) is 3.55. The van der Waals surface area contributed by atoms with Gasteiger partial charge in [0.05, 0.1) is 10.7 Å². The lowest BCUT2D eigenvalue weighted by Gasteiger charge is -2.39. The van der Waals surface area contributed by atoms with E-state index in [2.05, 4.69) is 5.32 Å². The molecule has 2 unspecified atom stereocenters. The largest absolute Gasteiger partial charge is 0.365 e. The van der Waals surface area contributed by atoms with E-state index in [0.29, 0.717) is 11.7 Å². The maximum absolute atomic E-state index is 13.9. The number of nitrogens with zero attached hydrogens (tertiary/aromatic N) is 1. The Bertz CT molecular complexity index is 416. The number of anilines is 1. The van der Waals surface area contributed by atoms with E-state index in [-0.39, 0.29) is 11.1 Å². The fourth-order valence-electron chi connectivity index (χ4n) is 2.58. The smallest absolute Gasteiger partial charge is 0.150 e. The first-order chi connectivity index (χ1) is 8.52. The van der Waals surface area contributed by atoms with Gasteiger partial charge in [-0.05, 0) is 32.9 Å². The van der Waals surface area contributed by atoms with E-state index in [1.807, 2.05) is 18.9 Å². The fourth-order valence-corrected chi connectivity index (χ4v) is 2.88. The molecular weight excluding hydrogens is 258 g/mol. The summed E-state index contributed by atoms with van der Waals surface area (Å²) in [4.78, 5) is 1.92. The predicted octanol–water partition coefficient (Wildman–Crippen LogP) is 3.19.